The van der Waals surface area contributed by atoms with E-state index in [0.717, 1.165) is 6.54 Å². The maximum atomic E-state index is 7.57. The Balaban J connectivity index is 0. The lowest BCUT2D eigenvalue weighted by molar-refractivity contribution is 0.318. The van der Waals surface area contributed by atoms with E-state index >= 15 is 0 Å². The Morgan fingerprint density at radius 3 is 2.00 bits per heavy atom. The SMILES string of the molecule is CCCCNCC.CCO. The average Bonchev–Trinajstić information content (AvgIpc) is 1.91. The second kappa shape index (κ2) is 16.0. The average molecular weight is 147 g/mol. The number of nitrogens with one attached hydrogen (secondary N) is 1. The zero-order valence-corrected chi connectivity index (χ0v) is 7.48. The minimum absolute atomic E-state index is 0.250. The van der Waals surface area contributed by atoms with E-state index in [1.54, 1.807) is 6.92 Å². The van der Waals surface area contributed by atoms with Crippen molar-refractivity contribution in [3.05, 3.63) is 0 Å². The fourth-order valence-electron chi connectivity index (χ4n) is 0.479. The molecule has 0 saturated heterocycles. The summed E-state index contributed by atoms with van der Waals surface area (Å²) in [4.78, 5) is 0. The van der Waals surface area contributed by atoms with Gasteiger partial charge in [-0.3, -0.25) is 0 Å². The molecule has 10 heavy (non-hydrogen) atoms. The predicted molar refractivity (Wildman–Crippen MR) is 46.2 cm³/mol. The van der Waals surface area contributed by atoms with Crippen molar-refractivity contribution in [1.82, 2.24) is 5.32 Å². The van der Waals surface area contributed by atoms with Gasteiger partial charge in [0, 0.05) is 6.61 Å². The van der Waals surface area contributed by atoms with Gasteiger partial charge in [0.2, 0.25) is 0 Å². The number of hydrogen-bond donors (Lipinski definition) is 2. The summed E-state index contributed by atoms with van der Waals surface area (Å²) in [6, 6.07) is 0. The van der Waals surface area contributed by atoms with E-state index in [1.807, 2.05) is 0 Å². The molecule has 0 spiro atoms. The standard InChI is InChI=1S/C6H15N.C2H6O/c1-3-5-6-7-4-2;1-2-3/h7H,3-6H2,1-2H3;3H,2H2,1H3. The summed E-state index contributed by atoms with van der Waals surface area (Å²) in [6.45, 7) is 8.57. The van der Waals surface area contributed by atoms with Crippen LogP contribution in [-0.2, 0) is 0 Å². The third-order valence-electron chi connectivity index (χ3n) is 0.957. The van der Waals surface area contributed by atoms with Gasteiger partial charge in [-0.2, -0.15) is 0 Å². The van der Waals surface area contributed by atoms with E-state index in [4.69, 9.17) is 5.11 Å². The molecule has 2 N–H and O–H groups in total. The molecular formula is C8H21NO. The van der Waals surface area contributed by atoms with E-state index in [-0.39, 0.29) is 6.61 Å². The van der Waals surface area contributed by atoms with Gasteiger partial charge in [-0.15, -0.1) is 0 Å². The first-order valence-corrected chi connectivity index (χ1v) is 4.14. The molecule has 64 valence electrons. The highest BCUT2D eigenvalue weighted by atomic mass is 16.2. The van der Waals surface area contributed by atoms with Gasteiger partial charge in [-0.25, -0.2) is 0 Å². The van der Waals surface area contributed by atoms with Crippen molar-refractivity contribution in [2.75, 3.05) is 19.7 Å². The molecule has 0 aliphatic carbocycles. The first kappa shape index (κ1) is 12.6. The van der Waals surface area contributed by atoms with Crippen LogP contribution >= 0.6 is 0 Å². The third-order valence-corrected chi connectivity index (χ3v) is 0.957. The molecule has 0 radical (unpaired) electrons. The molecule has 0 heterocycles. The van der Waals surface area contributed by atoms with Crippen LogP contribution in [0.25, 0.3) is 0 Å². The maximum Gasteiger partial charge on any atom is 0.0402 e. The van der Waals surface area contributed by atoms with Gasteiger partial charge in [-0.1, -0.05) is 20.3 Å². The molecule has 0 rings (SSSR count). The minimum atomic E-state index is 0.250. The maximum absolute atomic E-state index is 7.57. The summed E-state index contributed by atoms with van der Waals surface area (Å²) in [5.41, 5.74) is 0. The lowest BCUT2D eigenvalue weighted by atomic mass is 10.3. The molecule has 0 aromatic rings. The van der Waals surface area contributed by atoms with Gasteiger partial charge in [-0.05, 0) is 26.4 Å². The van der Waals surface area contributed by atoms with Crippen LogP contribution in [0, 0.1) is 0 Å². The van der Waals surface area contributed by atoms with Crippen molar-refractivity contribution in [3.63, 3.8) is 0 Å². The molecule has 0 aromatic carbocycles. The summed E-state index contributed by atoms with van der Waals surface area (Å²) in [5.74, 6) is 0. The lowest BCUT2D eigenvalue weighted by Gasteiger charge is -1.95. The molecule has 0 aliphatic rings. The van der Waals surface area contributed by atoms with Crippen molar-refractivity contribution in [2.24, 2.45) is 0 Å². The number of rotatable bonds is 4. The zero-order valence-electron chi connectivity index (χ0n) is 7.48. The van der Waals surface area contributed by atoms with Gasteiger partial charge in [0.25, 0.3) is 0 Å². The molecule has 2 nitrogen and oxygen atoms in total. The highest BCUT2D eigenvalue weighted by Crippen LogP contribution is 1.80. The van der Waals surface area contributed by atoms with E-state index in [1.165, 1.54) is 19.4 Å². The van der Waals surface area contributed by atoms with Crippen LogP contribution in [0.4, 0.5) is 0 Å². The van der Waals surface area contributed by atoms with Crippen LogP contribution < -0.4 is 5.32 Å². The van der Waals surface area contributed by atoms with Gasteiger partial charge in [0.15, 0.2) is 0 Å². The second-order valence-electron chi connectivity index (χ2n) is 2.02. The van der Waals surface area contributed by atoms with E-state index in [0.29, 0.717) is 0 Å². The Bertz CT molecular complexity index is 36.2. The summed E-state index contributed by atoms with van der Waals surface area (Å²) in [5, 5.41) is 10.8. The quantitative estimate of drug-likeness (QED) is 0.589. The van der Waals surface area contributed by atoms with Gasteiger partial charge >= 0.3 is 0 Å². The Morgan fingerprint density at radius 1 is 1.20 bits per heavy atom. The van der Waals surface area contributed by atoms with Crippen LogP contribution in [0.3, 0.4) is 0 Å². The van der Waals surface area contributed by atoms with Crippen LogP contribution in [0.2, 0.25) is 0 Å². The molecule has 0 aliphatic heterocycles. The van der Waals surface area contributed by atoms with Gasteiger partial charge in [0.1, 0.15) is 0 Å². The fourth-order valence-corrected chi connectivity index (χ4v) is 0.479. The summed E-state index contributed by atoms with van der Waals surface area (Å²) in [6.07, 6.45) is 2.61. The van der Waals surface area contributed by atoms with Crippen molar-refractivity contribution >= 4 is 0 Å². The molecule has 0 saturated carbocycles. The highest BCUT2D eigenvalue weighted by Gasteiger charge is 1.77. The van der Waals surface area contributed by atoms with Gasteiger partial charge < -0.3 is 10.4 Å². The van der Waals surface area contributed by atoms with Crippen LogP contribution in [0.15, 0.2) is 0 Å². The first-order chi connectivity index (χ1) is 4.83. The van der Waals surface area contributed by atoms with E-state index < -0.39 is 0 Å². The highest BCUT2D eigenvalue weighted by molar-refractivity contribution is 4.39. The van der Waals surface area contributed by atoms with Crippen LogP contribution in [0.5, 0.6) is 0 Å². The molecule has 0 unspecified atom stereocenters. The third kappa shape index (κ3) is 24.7. The summed E-state index contributed by atoms with van der Waals surface area (Å²) < 4.78 is 0. The smallest absolute Gasteiger partial charge is 0.0402 e. The Hall–Kier alpha value is -0.0800. The first-order valence-electron chi connectivity index (χ1n) is 4.14. The largest absolute Gasteiger partial charge is 0.397 e. The summed E-state index contributed by atoms with van der Waals surface area (Å²) >= 11 is 0. The molecule has 0 fully saturated rings. The number of hydrogen-bond acceptors (Lipinski definition) is 2. The molecule has 0 bridgehead atoms. The van der Waals surface area contributed by atoms with E-state index in [2.05, 4.69) is 19.2 Å². The Morgan fingerprint density at radius 2 is 1.70 bits per heavy atom. The van der Waals surface area contributed by atoms with Crippen LogP contribution in [-0.4, -0.2) is 24.8 Å². The molecule has 0 aromatic heterocycles. The van der Waals surface area contributed by atoms with Crippen molar-refractivity contribution < 1.29 is 5.11 Å². The zero-order chi connectivity index (χ0) is 8.24. The van der Waals surface area contributed by atoms with Gasteiger partial charge in [0.05, 0.1) is 0 Å². The number of aliphatic hydroxyl groups excluding tert-OH is 1. The lowest BCUT2D eigenvalue weighted by Crippen LogP contribution is -2.13. The van der Waals surface area contributed by atoms with Crippen molar-refractivity contribution in [2.45, 2.75) is 33.6 Å². The predicted octanol–water partition coefficient (Wildman–Crippen LogP) is 1.39. The number of unbranched alkanes of at least 4 members (excludes halogenated alkanes) is 1. The monoisotopic (exact) mass is 147 g/mol. The Kier molecular flexibility index (Phi) is 20.1. The molecular weight excluding hydrogens is 126 g/mol. The number of aliphatic hydroxyl groups is 1. The van der Waals surface area contributed by atoms with E-state index in [9.17, 15) is 0 Å². The molecule has 0 atom stereocenters. The fraction of sp³-hybridized carbons (Fsp3) is 1.00. The van der Waals surface area contributed by atoms with Crippen LogP contribution in [0.1, 0.15) is 33.6 Å². The van der Waals surface area contributed by atoms with Crippen molar-refractivity contribution in [3.8, 4) is 0 Å². The molecule has 2 heteroatoms. The van der Waals surface area contributed by atoms with Crippen molar-refractivity contribution in [1.29, 1.82) is 0 Å². The summed E-state index contributed by atoms with van der Waals surface area (Å²) in [7, 11) is 0. The topological polar surface area (TPSA) is 32.3 Å². The second-order valence-corrected chi connectivity index (χ2v) is 2.02. The normalized spacial score (nSPS) is 8.40. The Labute approximate surface area is 64.6 Å². The minimum Gasteiger partial charge on any atom is -0.397 e. The molecule has 0 amide bonds.